The van der Waals surface area contributed by atoms with Gasteiger partial charge in [-0.15, -0.1) is 0 Å². The van der Waals surface area contributed by atoms with E-state index in [-0.39, 0.29) is 0 Å². The first-order valence-electron chi connectivity index (χ1n) is 12.3. The van der Waals surface area contributed by atoms with Gasteiger partial charge in [-0.3, -0.25) is 0 Å². The third kappa shape index (κ3) is 7.17. The lowest BCUT2D eigenvalue weighted by Gasteiger charge is -2.26. The maximum Gasteiger partial charge on any atom is 0.250 e. The van der Waals surface area contributed by atoms with Crippen LogP contribution in [0.15, 0.2) is 84.0 Å². The van der Waals surface area contributed by atoms with Gasteiger partial charge in [0.25, 0.3) is 0 Å². The molecule has 1 saturated heterocycles. The molecule has 5 rings (SSSR count). The number of para-hydroxylation sites is 1. The summed E-state index contributed by atoms with van der Waals surface area (Å²) in [5.41, 5.74) is 5.84. The van der Waals surface area contributed by atoms with Crippen molar-refractivity contribution in [2.45, 2.75) is 25.9 Å². The second kappa shape index (κ2) is 12.2. The molecule has 8 nitrogen and oxygen atoms in total. The van der Waals surface area contributed by atoms with Gasteiger partial charge in [0.15, 0.2) is 0 Å². The van der Waals surface area contributed by atoms with Crippen LogP contribution in [-0.4, -0.2) is 34.3 Å². The molecule has 0 amide bonds. The van der Waals surface area contributed by atoms with Crippen molar-refractivity contribution in [1.29, 1.82) is 0 Å². The van der Waals surface area contributed by atoms with Crippen LogP contribution in [0.2, 0.25) is 5.02 Å². The molecule has 37 heavy (non-hydrogen) atoms. The second-order valence-corrected chi connectivity index (χ2v) is 9.11. The van der Waals surface area contributed by atoms with Crippen molar-refractivity contribution in [1.82, 2.24) is 15.0 Å². The number of hydrazone groups is 1. The molecule has 1 aliphatic rings. The first kappa shape index (κ1) is 24.5. The van der Waals surface area contributed by atoms with Crippen LogP contribution < -0.4 is 20.4 Å². The van der Waals surface area contributed by atoms with Crippen molar-refractivity contribution in [3.8, 4) is 5.75 Å². The molecule has 0 atom stereocenters. The van der Waals surface area contributed by atoms with Crippen LogP contribution in [0.5, 0.6) is 5.75 Å². The highest BCUT2D eigenvalue weighted by Crippen LogP contribution is 2.21. The molecule has 1 fully saturated rings. The molecule has 1 aromatic heterocycles. The smallest absolute Gasteiger partial charge is 0.250 e. The number of ether oxygens (including phenoxy) is 1. The van der Waals surface area contributed by atoms with Gasteiger partial charge in [0.1, 0.15) is 12.4 Å². The van der Waals surface area contributed by atoms with Crippen LogP contribution in [0.3, 0.4) is 0 Å². The molecule has 0 aliphatic carbocycles. The maximum absolute atomic E-state index is 5.94. The van der Waals surface area contributed by atoms with Crippen LogP contribution in [0, 0.1) is 0 Å². The van der Waals surface area contributed by atoms with Crippen molar-refractivity contribution in [2.75, 3.05) is 28.7 Å². The summed E-state index contributed by atoms with van der Waals surface area (Å²) in [4.78, 5) is 16.0. The summed E-state index contributed by atoms with van der Waals surface area (Å²) in [6, 6.07) is 25.2. The summed E-state index contributed by atoms with van der Waals surface area (Å²) in [6.07, 6.45) is 5.22. The van der Waals surface area contributed by atoms with E-state index >= 15 is 0 Å². The zero-order valence-corrected chi connectivity index (χ0v) is 21.1. The zero-order valence-electron chi connectivity index (χ0n) is 20.3. The molecule has 2 heterocycles. The van der Waals surface area contributed by atoms with Gasteiger partial charge in [-0.1, -0.05) is 41.9 Å². The number of hydrogen-bond donors (Lipinski definition) is 2. The van der Waals surface area contributed by atoms with E-state index in [4.69, 9.17) is 16.3 Å². The predicted molar refractivity (Wildman–Crippen MR) is 149 cm³/mol. The van der Waals surface area contributed by atoms with Crippen molar-refractivity contribution < 1.29 is 4.74 Å². The summed E-state index contributed by atoms with van der Waals surface area (Å²) in [6.45, 7) is 2.35. The lowest BCUT2D eigenvalue weighted by atomic mass is 10.1. The molecule has 4 aromatic rings. The first-order valence-corrected chi connectivity index (χ1v) is 12.7. The third-order valence-corrected chi connectivity index (χ3v) is 6.12. The zero-order chi connectivity index (χ0) is 25.3. The Balaban J connectivity index is 1.24. The van der Waals surface area contributed by atoms with E-state index in [9.17, 15) is 0 Å². The Morgan fingerprint density at radius 1 is 0.838 bits per heavy atom. The average Bonchev–Trinajstić information content (AvgIpc) is 2.94. The van der Waals surface area contributed by atoms with E-state index in [1.54, 1.807) is 6.21 Å². The van der Waals surface area contributed by atoms with Gasteiger partial charge in [-0.25, -0.2) is 5.43 Å². The van der Waals surface area contributed by atoms with E-state index in [0.29, 0.717) is 29.5 Å². The van der Waals surface area contributed by atoms with Gasteiger partial charge >= 0.3 is 0 Å². The van der Waals surface area contributed by atoms with Crippen molar-refractivity contribution in [3.63, 3.8) is 0 Å². The predicted octanol–water partition coefficient (Wildman–Crippen LogP) is 6.28. The van der Waals surface area contributed by atoms with Gasteiger partial charge in [0.05, 0.1) is 6.21 Å². The molecule has 1 aliphatic heterocycles. The molecule has 0 spiro atoms. The second-order valence-electron chi connectivity index (χ2n) is 8.68. The highest BCUT2D eigenvalue weighted by atomic mass is 35.5. The molecule has 0 bridgehead atoms. The molecule has 3 aromatic carbocycles. The Labute approximate surface area is 221 Å². The third-order valence-electron chi connectivity index (χ3n) is 5.87. The monoisotopic (exact) mass is 513 g/mol. The number of nitrogens with one attached hydrogen (secondary N) is 2. The van der Waals surface area contributed by atoms with E-state index in [0.717, 1.165) is 48.5 Å². The highest BCUT2D eigenvalue weighted by Gasteiger charge is 2.16. The summed E-state index contributed by atoms with van der Waals surface area (Å²) >= 11 is 5.94. The lowest BCUT2D eigenvalue weighted by molar-refractivity contribution is 0.306. The summed E-state index contributed by atoms with van der Waals surface area (Å²) in [5, 5.41) is 8.33. The van der Waals surface area contributed by atoms with E-state index in [1.165, 1.54) is 6.42 Å². The Bertz CT molecular complexity index is 1310. The number of aromatic nitrogens is 3. The van der Waals surface area contributed by atoms with Crippen molar-refractivity contribution >= 4 is 41.3 Å². The van der Waals surface area contributed by atoms with Gasteiger partial charge in [0, 0.05) is 23.8 Å². The lowest BCUT2D eigenvalue weighted by Crippen LogP contribution is -2.31. The molecule has 9 heteroatoms. The Kier molecular flexibility index (Phi) is 8.07. The standard InChI is InChI=1S/C28H28ClN7O/c29-23-13-9-22(10-14-23)20-37-25-15-11-21(12-16-25)19-30-35-27-32-26(31-24-7-3-1-4-8-24)33-28(34-27)36-17-5-2-6-18-36/h1,3-4,7-16,19H,2,5-6,17-18,20H2,(H2,31,32,33,34,35)/b30-19-. The molecule has 2 N–H and O–H groups in total. The van der Waals surface area contributed by atoms with Crippen LogP contribution in [0.4, 0.5) is 23.5 Å². The molecule has 0 saturated carbocycles. The number of anilines is 4. The van der Waals surface area contributed by atoms with E-state index in [1.807, 2.05) is 78.9 Å². The Morgan fingerprint density at radius 2 is 1.57 bits per heavy atom. The molecule has 0 unspecified atom stereocenters. The topological polar surface area (TPSA) is 87.6 Å². The minimum absolute atomic E-state index is 0.383. The number of rotatable bonds is 9. The number of hydrogen-bond acceptors (Lipinski definition) is 8. The number of benzene rings is 3. The highest BCUT2D eigenvalue weighted by molar-refractivity contribution is 6.30. The van der Waals surface area contributed by atoms with Crippen molar-refractivity contribution in [3.05, 3.63) is 95.0 Å². The van der Waals surface area contributed by atoms with Gasteiger partial charge < -0.3 is 15.0 Å². The van der Waals surface area contributed by atoms with Crippen LogP contribution in [-0.2, 0) is 6.61 Å². The summed E-state index contributed by atoms with van der Waals surface area (Å²) in [5.74, 6) is 2.28. The van der Waals surface area contributed by atoms with Gasteiger partial charge in [-0.05, 0) is 78.9 Å². The van der Waals surface area contributed by atoms with Crippen LogP contribution >= 0.6 is 11.6 Å². The maximum atomic E-state index is 5.94. The Morgan fingerprint density at radius 3 is 2.32 bits per heavy atom. The van der Waals surface area contributed by atoms with E-state index < -0.39 is 0 Å². The Hall–Kier alpha value is -4.17. The largest absolute Gasteiger partial charge is 0.489 e. The van der Waals surface area contributed by atoms with Gasteiger partial charge in [-0.2, -0.15) is 20.1 Å². The van der Waals surface area contributed by atoms with Crippen LogP contribution in [0.25, 0.3) is 0 Å². The fourth-order valence-electron chi connectivity index (χ4n) is 3.92. The molecule has 0 radical (unpaired) electrons. The molecular formula is C28H28ClN7O. The normalized spacial score (nSPS) is 13.5. The minimum atomic E-state index is 0.383. The molecule has 188 valence electrons. The first-order chi connectivity index (χ1) is 18.2. The fourth-order valence-corrected chi connectivity index (χ4v) is 4.04. The quantitative estimate of drug-likeness (QED) is 0.201. The number of nitrogens with zero attached hydrogens (tertiary/aromatic N) is 5. The SMILES string of the molecule is Clc1ccc(COc2ccc(/C=N\Nc3nc(Nc4ccccc4)nc(N4CCCCC4)n3)cc2)cc1. The minimum Gasteiger partial charge on any atom is -0.489 e. The van der Waals surface area contributed by atoms with Crippen molar-refractivity contribution in [2.24, 2.45) is 5.10 Å². The van der Waals surface area contributed by atoms with Gasteiger partial charge in [0.2, 0.25) is 17.8 Å². The average molecular weight is 514 g/mol. The van der Waals surface area contributed by atoms with E-state index in [2.05, 4.69) is 35.7 Å². The summed E-state index contributed by atoms with van der Waals surface area (Å²) in [7, 11) is 0. The number of piperidine rings is 1. The number of halogens is 1. The fraction of sp³-hybridized carbons (Fsp3) is 0.214. The molecular weight excluding hydrogens is 486 g/mol. The summed E-state index contributed by atoms with van der Waals surface area (Å²) < 4.78 is 5.85. The van der Waals surface area contributed by atoms with Crippen LogP contribution in [0.1, 0.15) is 30.4 Å².